The van der Waals surface area contributed by atoms with Gasteiger partial charge in [-0.1, -0.05) is 54.1 Å². The van der Waals surface area contributed by atoms with Crippen molar-refractivity contribution in [3.63, 3.8) is 0 Å². The van der Waals surface area contributed by atoms with E-state index in [9.17, 15) is 0 Å². The number of nitrogens with zero attached hydrogens (tertiary/aromatic N) is 1. The Kier molecular flexibility index (Phi) is 4.88. The minimum Gasteiger partial charge on any atom is -0.312 e. The summed E-state index contributed by atoms with van der Waals surface area (Å²) in [5.74, 6) is 0. The quantitative estimate of drug-likeness (QED) is 0.674. The lowest BCUT2D eigenvalue weighted by Crippen LogP contribution is -2.16. The maximum Gasteiger partial charge on any atom is 0.0923 e. The van der Waals surface area contributed by atoms with Gasteiger partial charge in [0, 0.05) is 35.8 Å². The zero-order valence-electron chi connectivity index (χ0n) is 12.2. The highest BCUT2D eigenvalue weighted by molar-refractivity contribution is 6.30. The molecule has 0 atom stereocenters. The Labute approximate surface area is 135 Å². The van der Waals surface area contributed by atoms with Gasteiger partial charge in [-0.3, -0.25) is 5.10 Å². The van der Waals surface area contributed by atoms with Gasteiger partial charge in [-0.15, -0.1) is 0 Å². The van der Waals surface area contributed by atoms with E-state index in [4.69, 9.17) is 11.6 Å². The number of hydrogen-bond donors (Lipinski definition) is 2. The summed E-state index contributed by atoms with van der Waals surface area (Å²) in [6.45, 7) is 1.80. The first-order chi connectivity index (χ1) is 10.8. The van der Waals surface area contributed by atoms with Crippen molar-refractivity contribution in [1.29, 1.82) is 0 Å². The van der Waals surface area contributed by atoms with Gasteiger partial charge in [0.05, 0.1) is 5.69 Å². The van der Waals surface area contributed by atoms with E-state index >= 15 is 0 Å². The van der Waals surface area contributed by atoms with Crippen LogP contribution in [0.5, 0.6) is 0 Å². The first-order valence-corrected chi connectivity index (χ1v) is 7.74. The van der Waals surface area contributed by atoms with Gasteiger partial charge in [-0.25, -0.2) is 0 Å². The predicted molar refractivity (Wildman–Crippen MR) is 90.9 cm³/mol. The van der Waals surface area contributed by atoms with Crippen LogP contribution in [0.2, 0.25) is 5.02 Å². The molecule has 1 heterocycles. The molecule has 22 heavy (non-hydrogen) atoms. The molecule has 3 nitrogen and oxygen atoms in total. The maximum absolute atomic E-state index is 5.90. The van der Waals surface area contributed by atoms with Gasteiger partial charge in [-0.05, 0) is 23.8 Å². The number of hydrogen-bond acceptors (Lipinski definition) is 2. The van der Waals surface area contributed by atoms with Crippen molar-refractivity contribution in [3.05, 3.63) is 76.9 Å². The Morgan fingerprint density at radius 2 is 1.77 bits per heavy atom. The lowest BCUT2D eigenvalue weighted by Gasteiger charge is -2.03. The molecule has 112 valence electrons. The number of nitrogens with one attached hydrogen (secondary N) is 2. The molecule has 0 unspecified atom stereocenters. The molecule has 0 radical (unpaired) electrons. The lowest BCUT2D eigenvalue weighted by atomic mass is 10.1. The fraction of sp³-hybridized carbons (Fsp3) is 0.167. The summed E-state index contributed by atoms with van der Waals surface area (Å²) in [6.07, 6.45) is 0.924. The van der Waals surface area contributed by atoms with Gasteiger partial charge in [-0.2, -0.15) is 5.10 Å². The number of aromatic amines is 1. The summed E-state index contributed by atoms with van der Waals surface area (Å²) in [7, 11) is 0. The second-order valence-corrected chi connectivity index (χ2v) is 5.63. The zero-order chi connectivity index (χ0) is 15.2. The monoisotopic (exact) mass is 311 g/mol. The molecule has 0 aliphatic rings. The SMILES string of the molecule is Clc1ccc(-c2cc(CCNCc3ccccc3)[nH]n2)cc1. The molecule has 2 aromatic carbocycles. The average Bonchev–Trinajstić information content (AvgIpc) is 3.02. The molecule has 0 bridgehead atoms. The Hall–Kier alpha value is -2.10. The molecule has 0 spiro atoms. The van der Waals surface area contributed by atoms with E-state index in [1.807, 2.05) is 30.3 Å². The average molecular weight is 312 g/mol. The first kappa shape index (κ1) is 14.8. The minimum absolute atomic E-state index is 0.740. The van der Waals surface area contributed by atoms with Crippen molar-refractivity contribution in [1.82, 2.24) is 15.5 Å². The molecule has 0 saturated carbocycles. The molecule has 3 aromatic rings. The van der Waals surface area contributed by atoms with E-state index in [0.717, 1.165) is 41.5 Å². The normalized spacial score (nSPS) is 10.8. The molecule has 4 heteroatoms. The van der Waals surface area contributed by atoms with Crippen molar-refractivity contribution in [2.75, 3.05) is 6.54 Å². The van der Waals surface area contributed by atoms with Gasteiger partial charge in [0.15, 0.2) is 0 Å². The van der Waals surface area contributed by atoms with E-state index in [0.29, 0.717) is 0 Å². The lowest BCUT2D eigenvalue weighted by molar-refractivity contribution is 0.679. The largest absolute Gasteiger partial charge is 0.312 e. The molecule has 0 saturated heterocycles. The molecule has 0 amide bonds. The number of halogens is 1. The Morgan fingerprint density at radius 3 is 2.55 bits per heavy atom. The van der Waals surface area contributed by atoms with Gasteiger partial charge in [0.1, 0.15) is 0 Å². The summed E-state index contributed by atoms with van der Waals surface area (Å²) < 4.78 is 0. The molecule has 0 aliphatic heterocycles. The van der Waals surface area contributed by atoms with Crippen molar-refractivity contribution >= 4 is 11.6 Å². The molecular formula is C18H18ClN3. The standard InChI is InChI=1S/C18H18ClN3/c19-16-8-6-15(7-9-16)18-12-17(21-22-18)10-11-20-13-14-4-2-1-3-5-14/h1-9,12,20H,10-11,13H2,(H,21,22). The molecule has 1 aromatic heterocycles. The summed E-state index contributed by atoms with van der Waals surface area (Å²) in [6, 6.07) is 20.2. The van der Waals surface area contributed by atoms with E-state index in [-0.39, 0.29) is 0 Å². The summed E-state index contributed by atoms with van der Waals surface area (Å²) in [4.78, 5) is 0. The van der Waals surface area contributed by atoms with Crippen LogP contribution in [0, 0.1) is 0 Å². The Balaban J connectivity index is 1.50. The van der Waals surface area contributed by atoms with Crippen LogP contribution >= 0.6 is 11.6 Å². The second-order valence-electron chi connectivity index (χ2n) is 5.20. The van der Waals surface area contributed by atoms with Crippen molar-refractivity contribution in [2.45, 2.75) is 13.0 Å². The van der Waals surface area contributed by atoms with Crippen LogP contribution in [0.15, 0.2) is 60.7 Å². The highest BCUT2D eigenvalue weighted by Gasteiger charge is 2.03. The van der Waals surface area contributed by atoms with Crippen LogP contribution < -0.4 is 5.32 Å². The molecule has 3 rings (SSSR count). The van der Waals surface area contributed by atoms with Gasteiger partial charge < -0.3 is 5.32 Å². The third kappa shape index (κ3) is 3.97. The zero-order valence-corrected chi connectivity index (χ0v) is 13.0. The van der Waals surface area contributed by atoms with Crippen LogP contribution in [-0.2, 0) is 13.0 Å². The van der Waals surface area contributed by atoms with E-state index in [2.05, 4.69) is 45.8 Å². The summed E-state index contributed by atoms with van der Waals surface area (Å²) in [5.41, 5.74) is 4.46. The summed E-state index contributed by atoms with van der Waals surface area (Å²) >= 11 is 5.90. The summed E-state index contributed by atoms with van der Waals surface area (Å²) in [5, 5.41) is 11.6. The third-order valence-electron chi connectivity index (χ3n) is 3.51. The van der Waals surface area contributed by atoms with Crippen LogP contribution in [0.4, 0.5) is 0 Å². The minimum atomic E-state index is 0.740. The Bertz CT molecular complexity index is 705. The Morgan fingerprint density at radius 1 is 1.00 bits per heavy atom. The fourth-order valence-corrected chi connectivity index (χ4v) is 2.44. The van der Waals surface area contributed by atoms with E-state index in [1.165, 1.54) is 5.56 Å². The number of rotatable bonds is 6. The second kappa shape index (κ2) is 7.25. The van der Waals surface area contributed by atoms with Crippen LogP contribution in [-0.4, -0.2) is 16.7 Å². The van der Waals surface area contributed by atoms with Gasteiger partial charge in [0.2, 0.25) is 0 Å². The molecular weight excluding hydrogens is 294 g/mol. The van der Waals surface area contributed by atoms with Crippen molar-refractivity contribution < 1.29 is 0 Å². The first-order valence-electron chi connectivity index (χ1n) is 7.36. The van der Waals surface area contributed by atoms with Crippen LogP contribution in [0.1, 0.15) is 11.3 Å². The molecule has 0 fully saturated rings. The van der Waals surface area contributed by atoms with Crippen molar-refractivity contribution in [2.24, 2.45) is 0 Å². The topological polar surface area (TPSA) is 40.7 Å². The van der Waals surface area contributed by atoms with E-state index in [1.54, 1.807) is 0 Å². The molecule has 2 N–H and O–H groups in total. The fourth-order valence-electron chi connectivity index (χ4n) is 2.31. The van der Waals surface area contributed by atoms with Crippen LogP contribution in [0.25, 0.3) is 11.3 Å². The molecule has 0 aliphatic carbocycles. The van der Waals surface area contributed by atoms with Gasteiger partial charge in [0.25, 0.3) is 0 Å². The number of aromatic nitrogens is 2. The third-order valence-corrected chi connectivity index (χ3v) is 3.77. The highest BCUT2D eigenvalue weighted by Crippen LogP contribution is 2.20. The van der Waals surface area contributed by atoms with E-state index < -0.39 is 0 Å². The predicted octanol–water partition coefficient (Wildman–Crippen LogP) is 4.06. The highest BCUT2D eigenvalue weighted by atomic mass is 35.5. The smallest absolute Gasteiger partial charge is 0.0923 e. The maximum atomic E-state index is 5.90. The number of benzene rings is 2. The van der Waals surface area contributed by atoms with Crippen LogP contribution in [0.3, 0.4) is 0 Å². The van der Waals surface area contributed by atoms with Crippen molar-refractivity contribution in [3.8, 4) is 11.3 Å². The number of H-pyrrole nitrogens is 1. The van der Waals surface area contributed by atoms with Gasteiger partial charge >= 0.3 is 0 Å².